The molecule has 6 nitrogen and oxygen atoms in total. The third-order valence-electron chi connectivity index (χ3n) is 4.57. The van der Waals surface area contributed by atoms with Gasteiger partial charge in [-0.15, -0.1) is 0 Å². The molecule has 1 atom stereocenters. The zero-order valence-electron chi connectivity index (χ0n) is 14.1. The predicted molar refractivity (Wildman–Crippen MR) is 96.1 cm³/mol. The molecule has 1 saturated heterocycles. The van der Waals surface area contributed by atoms with E-state index in [2.05, 4.69) is 0 Å². The molecule has 25 heavy (non-hydrogen) atoms. The topological polar surface area (TPSA) is 84.9 Å². The lowest BCUT2D eigenvalue weighted by Gasteiger charge is -2.24. The van der Waals surface area contributed by atoms with Crippen LogP contribution in [-0.2, 0) is 11.3 Å². The molecular weight excluding hydrogens is 320 g/mol. The van der Waals surface area contributed by atoms with Crippen molar-refractivity contribution in [2.24, 2.45) is 0 Å². The van der Waals surface area contributed by atoms with E-state index in [4.69, 9.17) is 4.74 Å². The van der Waals surface area contributed by atoms with Crippen molar-refractivity contribution in [2.45, 2.75) is 25.4 Å². The second kappa shape index (κ2) is 7.55. The fourth-order valence-electron chi connectivity index (χ4n) is 3.23. The van der Waals surface area contributed by atoms with E-state index in [0.717, 1.165) is 16.7 Å². The number of hydrogen-bond donors (Lipinski definition) is 2. The van der Waals surface area contributed by atoms with Crippen LogP contribution in [0.15, 0.2) is 42.5 Å². The Morgan fingerprint density at radius 2 is 2.16 bits per heavy atom. The molecule has 3 rings (SSSR count). The van der Waals surface area contributed by atoms with Crippen LogP contribution in [0, 0.1) is 5.21 Å². The van der Waals surface area contributed by atoms with E-state index in [9.17, 15) is 15.1 Å². The minimum atomic E-state index is -0.119. The van der Waals surface area contributed by atoms with Crippen molar-refractivity contribution >= 4 is 11.6 Å². The van der Waals surface area contributed by atoms with Gasteiger partial charge in [0.15, 0.2) is 0 Å². The summed E-state index contributed by atoms with van der Waals surface area (Å²) in [6.07, 6.45) is 1.17. The third kappa shape index (κ3) is 3.60. The number of carbonyl (C=O) groups is 1. The quantitative estimate of drug-likeness (QED) is 0.789. The van der Waals surface area contributed by atoms with E-state index in [1.54, 1.807) is 30.2 Å². The number of aliphatic hydroxyl groups is 1. The lowest BCUT2D eigenvalue weighted by Crippen LogP contribution is -2.34. The number of nitrogens with one attached hydrogen (secondary N) is 1. The van der Waals surface area contributed by atoms with Crippen LogP contribution in [0.3, 0.4) is 0 Å². The summed E-state index contributed by atoms with van der Waals surface area (Å²) in [6, 6.07) is 12.8. The molecule has 1 amide bonds. The molecule has 0 bridgehead atoms. The summed E-state index contributed by atoms with van der Waals surface area (Å²) in [5, 5.41) is 20.4. The first kappa shape index (κ1) is 17.3. The lowest BCUT2D eigenvalue weighted by molar-refractivity contribution is -0.130. The van der Waals surface area contributed by atoms with Crippen LogP contribution in [-0.4, -0.2) is 35.7 Å². The van der Waals surface area contributed by atoms with Gasteiger partial charge in [0.2, 0.25) is 5.91 Å². The van der Waals surface area contributed by atoms with Crippen molar-refractivity contribution in [3.05, 3.63) is 53.2 Å². The Balaban J connectivity index is 1.93. The smallest absolute Gasteiger partial charge is 0.223 e. The molecular formula is C19H21N2O4-. The summed E-state index contributed by atoms with van der Waals surface area (Å²) in [5.74, 6) is 0.757. The summed E-state index contributed by atoms with van der Waals surface area (Å²) >= 11 is 0. The number of nitrogens with zero attached hydrogens (tertiary/aromatic N) is 1. The van der Waals surface area contributed by atoms with Crippen molar-refractivity contribution in [1.29, 1.82) is 0 Å². The number of hydrogen-bond acceptors (Lipinski definition) is 5. The molecule has 1 aliphatic heterocycles. The van der Waals surface area contributed by atoms with Crippen molar-refractivity contribution in [1.82, 2.24) is 4.90 Å². The Morgan fingerprint density at radius 1 is 1.32 bits per heavy atom. The molecule has 2 aromatic carbocycles. The maximum Gasteiger partial charge on any atom is 0.223 e. The Morgan fingerprint density at radius 3 is 2.88 bits per heavy atom. The van der Waals surface area contributed by atoms with Gasteiger partial charge in [0.1, 0.15) is 5.75 Å². The first-order chi connectivity index (χ1) is 12.2. The number of amides is 1. The summed E-state index contributed by atoms with van der Waals surface area (Å²) in [6.45, 7) is 0.423. The molecule has 1 aliphatic rings. The third-order valence-corrected chi connectivity index (χ3v) is 4.57. The van der Waals surface area contributed by atoms with Gasteiger partial charge < -0.3 is 25.4 Å². The Labute approximate surface area is 146 Å². The van der Waals surface area contributed by atoms with Gasteiger partial charge in [0.05, 0.1) is 19.8 Å². The maximum absolute atomic E-state index is 12.1. The van der Waals surface area contributed by atoms with Gasteiger partial charge in [-0.2, -0.15) is 0 Å². The zero-order valence-corrected chi connectivity index (χ0v) is 14.1. The molecule has 0 radical (unpaired) electrons. The minimum absolute atomic E-state index is 0.0219. The Kier molecular flexibility index (Phi) is 5.21. The lowest BCUT2D eigenvalue weighted by atomic mass is 10.0. The van der Waals surface area contributed by atoms with Crippen LogP contribution in [0.4, 0.5) is 5.69 Å². The van der Waals surface area contributed by atoms with Gasteiger partial charge in [0, 0.05) is 24.2 Å². The van der Waals surface area contributed by atoms with Crippen LogP contribution in [0.5, 0.6) is 5.75 Å². The van der Waals surface area contributed by atoms with Gasteiger partial charge in [-0.3, -0.25) is 4.79 Å². The van der Waals surface area contributed by atoms with E-state index in [1.165, 1.54) is 0 Å². The van der Waals surface area contributed by atoms with Crippen LogP contribution in [0.1, 0.15) is 18.4 Å². The number of anilines is 1. The predicted octanol–water partition coefficient (Wildman–Crippen LogP) is 2.76. The number of rotatable bonds is 6. The first-order valence-electron chi connectivity index (χ1n) is 8.22. The molecule has 2 N–H and O–H groups in total. The number of carbonyl (C=O) groups excluding carboxylic acids is 1. The fraction of sp³-hybridized carbons (Fsp3) is 0.316. The number of methoxy groups -OCH3 is 1. The molecule has 0 aromatic heterocycles. The Bertz CT molecular complexity index is 763. The maximum atomic E-state index is 12.1. The van der Waals surface area contributed by atoms with Crippen molar-refractivity contribution in [2.75, 3.05) is 19.2 Å². The highest BCUT2D eigenvalue weighted by atomic mass is 16.5. The van der Waals surface area contributed by atoms with E-state index in [1.807, 2.05) is 29.7 Å². The van der Waals surface area contributed by atoms with Crippen molar-refractivity contribution < 1.29 is 14.6 Å². The number of likely N-dealkylation sites (tertiary alicyclic amines) is 1. The van der Waals surface area contributed by atoms with E-state index in [-0.39, 0.29) is 18.6 Å². The molecule has 1 unspecified atom stereocenters. The average Bonchev–Trinajstić information content (AvgIpc) is 3.01. The average molecular weight is 341 g/mol. The van der Waals surface area contributed by atoms with Crippen LogP contribution >= 0.6 is 0 Å². The Hall–Kier alpha value is -2.57. The summed E-state index contributed by atoms with van der Waals surface area (Å²) in [4.78, 5) is 13.8. The summed E-state index contributed by atoms with van der Waals surface area (Å²) in [5.41, 5.74) is 5.02. The first-order valence-corrected chi connectivity index (χ1v) is 8.22. The highest BCUT2D eigenvalue weighted by molar-refractivity contribution is 5.79. The van der Waals surface area contributed by atoms with Gasteiger partial charge in [0.25, 0.3) is 0 Å². The van der Waals surface area contributed by atoms with Gasteiger partial charge in [-0.25, -0.2) is 0 Å². The van der Waals surface area contributed by atoms with Crippen LogP contribution < -0.4 is 10.2 Å². The monoisotopic (exact) mass is 341 g/mol. The second-order valence-corrected chi connectivity index (χ2v) is 6.11. The van der Waals surface area contributed by atoms with Crippen LogP contribution in [0.25, 0.3) is 11.1 Å². The summed E-state index contributed by atoms with van der Waals surface area (Å²) < 4.78 is 5.44. The SMILES string of the molecule is COc1ccc(CN2C(=O)CCC2CO)cc1-c1cccc(N[O-])c1. The highest BCUT2D eigenvalue weighted by Crippen LogP contribution is 2.33. The van der Waals surface area contributed by atoms with Crippen LogP contribution in [0.2, 0.25) is 0 Å². The molecule has 0 aliphatic carbocycles. The van der Waals surface area contributed by atoms with E-state index < -0.39 is 0 Å². The zero-order chi connectivity index (χ0) is 17.8. The molecule has 1 heterocycles. The van der Waals surface area contributed by atoms with Gasteiger partial charge in [-0.05, 0) is 41.8 Å². The normalized spacial score (nSPS) is 17.0. The number of aliphatic hydroxyl groups excluding tert-OH is 1. The molecule has 6 heteroatoms. The molecule has 0 saturated carbocycles. The number of ether oxygens (including phenoxy) is 1. The van der Waals surface area contributed by atoms with Crippen molar-refractivity contribution in [3.8, 4) is 16.9 Å². The molecule has 132 valence electrons. The second-order valence-electron chi connectivity index (χ2n) is 6.11. The largest absolute Gasteiger partial charge is 0.761 e. The molecule has 0 spiro atoms. The fourth-order valence-corrected chi connectivity index (χ4v) is 3.23. The number of benzene rings is 2. The van der Waals surface area contributed by atoms with E-state index >= 15 is 0 Å². The van der Waals surface area contributed by atoms with E-state index in [0.29, 0.717) is 30.8 Å². The molecule has 2 aromatic rings. The van der Waals surface area contributed by atoms with Gasteiger partial charge >= 0.3 is 0 Å². The van der Waals surface area contributed by atoms with Crippen molar-refractivity contribution in [3.63, 3.8) is 0 Å². The van der Waals surface area contributed by atoms with Gasteiger partial charge in [-0.1, -0.05) is 18.2 Å². The minimum Gasteiger partial charge on any atom is -0.761 e. The summed E-state index contributed by atoms with van der Waals surface area (Å²) in [7, 11) is 1.60. The molecule has 1 fully saturated rings. The standard InChI is InChI=1S/C19H21N2O4/c1-25-18-7-5-13(11-21-16(12-22)6-8-19(21)23)9-17(18)14-3-2-4-15(10-14)20-24/h2-5,7,9-10,16,20,22H,6,8,11-12H2,1H3/q-1. The highest BCUT2D eigenvalue weighted by Gasteiger charge is 2.30.